The highest BCUT2D eigenvalue weighted by Gasteiger charge is 2.42. The van der Waals surface area contributed by atoms with E-state index in [1.165, 1.54) is 32.1 Å². The summed E-state index contributed by atoms with van der Waals surface area (Å²) in [5, 5.41) is 0.130. The van der Waals surface area contributed by atoms with Crippen LogP contribution in [0.15, 0.2) is 104 Å². The number of hydrogen-bond acceptors (Lipinski definition) is 2. The topological polar surface area (TPSA) is 18.5 Å². The summed E-state index contributed by atoms with van der Waals surface area (Å²) in [5.41, 5.74) is 2.48. The van der Waals surface area contributed by atoms with Crippen LogP contribution in [0.5, 0.6) is 0 Å². The fourth-order valence-electron chi connectivity index (χ4n) is 5.86. The first-order valence-electron chi connectivity index (χ1n) is 16.3. The highest BCUT2D eigenvalue weighted by Crippen LogP contribution is 2.43. The van der Waals surface area contributed by atoms with Gasteiger partial charge in [-0.05, 0) is 54.1 Å². The molecule has 3 aromatic carbocycles. The lowest BCUT2D eigenvalue weighted by Gasteiger charge is -2.42. The molecule has 228 valence electrons. The second-order valence-electron chi connectivity index (χ2n) is 13.6. The molecule has 0 aromatic heterocycles. The zero-order chi connectivity index (χ0) is 30.8. The average Bonchev–Trinajstić information content (AvgIpc) is 3.03. The minimum atomic E-state index is -1.98. The fourth-order valence-corrected chi connectivity index (χ4v) is 6.92. The van der Waals surface area contributed by atoms with Crippen molar-refractivity contribution in [3.8, 4) is 11.8 Å². The second kappa shape index (κ2) is 15.2. The van der Waals surface area contributed by atoms with Gasteiger partial charge in [-0.3, -0.25) is 0 Å². The van der Waals surface area contributed by atoms with E-state index in [1.54, 1.807) is 0 Å². The quantitative estimate of drug-likeness (QED) is 0.0901. The molecule has 1 fully saturated rings. The van der Waals surface area contributed by atoms with Crippen LogP contribution < -0.4 is 0 Å². The molecular weight excluding hydrogens is 541 g/mol. The first-order chi connectivity index (χ1) is 20.7. The number of hydrogen-bond donors (Lipinski definition) is 0. The molecule has 0 saturated heterocycles. The van der Waals surface area contributed by atoms with Gasteiger partial charge in [0.25, 0.3) is 0 Å². The molecule has 1 aliphatic rings. The normalized spacial score (nSPS) is 16.1. The van der Waals surface area contributed by atoms with E-state index in [2.05, 4.69) is 143 Å². The molecule has 2 nitrogen and oxygen atoms in total. The van der Waals surface area contributed by atoms with Crippen molar-refractivity contribution in [1.82, 2.24) is 0 Å². The molecule has 0 radical (unpaired) electrons. The van der Waals surface area contributed by atoms with Gasteiger partial charge in [0.05, 0.1) is 6.10 Å². The number of ether oxygens (including phenoxy) is 1. The molecule has 4 rings (SSSR count). The molecule has 3 heteroatoms. The highest BCUT2D eigenvalue weighted by atomic mass is 28.4. The summed E-state index contributed by atoms with van der Waals surface area (Å²) in [6, 6.07) is 31.9. The maximum Gasteiger partial charge on any atom is 0.191 e. The molecule has 0 bridgehead atoms. The van der Waals surface area contributed by atoms with Crippen molar-refractivity contribution in [2.24, 2.45) is 11.8 Å². The molecule has 1 aliphatic carbocycles. The van der Waals surface area contributed by atoms with Crippen molar-refractivity contribution in [3.63, 3.8) is 0 Å². The second-order valence-corrected chi connectivity index (χ2v) is 18.4. The lowest BCUT2D eigenvalue weighted by molar-refractivity contribution is -0.0599. The zero-order valence-corrected chi connectivity index (χ0v) is 28.2. The van der Waals surface area contributed by atoms with E-state index in [9.17, 15) is 0 Å². The van der Waals surface area contributed by atoms with E-state index in [4.69, 9.17) is 9.16 Å². The van der Waals surface area contributed by atoms with Crippen LogP contribution in [0.4, 0.5) is 0 Å². The van der Waals surface area contributed by atoms with Crippen LogP contribution in [-0.2, 0) is 14.8 Å². The molecule has 0 amide bonds. The monoisotopic (exact) mass is 592 g/mol. The lowest BCUT2D eigenvalue weighted by Crippen LogP contribution is -2.44. The van der Waals surface area contributed by atoms with Gasteiger partial charge in [-0.25, -0.2) is 0 Å². The van der Waals surface area contributed by atoms with Crippen LogP contribution in [0, 0.1) is 23.7 Å². The standard InChI is InChI=1S/C40H52O2Si/c1-7-38(34(32-41-43(5,6)39(2,3)4)25-21-20-24-33-22-12-8-13-23-33)42-40(35-26-14-9-15-27-35,36-28-16-10-17-29-36)37-30-18-11-19-31-37/h7,9-11,14-19,26-31,33-34,38H,1,8,12-13,21-23,25,32H2,2-6H3/t34-,38-/m0/s1. The molecule has 3 aromatic rings. The Bertz CT molecular complexity index is 1210. The Balaban J connectivity index is 1.72. The molecule has 0 unspecified atom stereocenters. The predicted molar refractivity (Wildman–Crippen MR) is 185 cm³/mol. The van der Waals surface area contributed by atoms with E-state index in [-0.39, 0.29) is 17.1 Å². The maximum atomic E-state index is 7.47. The lowest BCUT2D eigenvalue weighted by atomic mass is 9.79. The summed E-state index contributed by atoms with van der Waals surface area (Å²) in [7, 11) is -1.98. The Kier molecular flexibility index (Phi) is 11.7. The third-order valence-electron chi connectivity index (χ3n) is 9.57. The van der Waals surface area contributed by atoms with Crippen molar-refractivity contribution in [2.45, 2.75) is 95.6 Å². The van der Waals surface area contributed by atoms with Crippen LogP contribution in [0.25, 0.3) is 0 Å². The molecule has 1 saturated carbocycles. The average molecular weight is 593 g/mol. The van der Waals surface area contributed by atoms with Crippen LogP contribution in [0.1, 0.15) is 82.4 Å². The van der Waals surface area contributed by atoms with E-state index in [1.807, 2.05) is 6.08 Å². The van der Waals surface area contributed by atoms with Crippen molar-refractivity contribution in [3.05, 3.63) is 120 Å². The Morgan fingerprint density at radius 3 is 1.74 bits per heavy atom. The summed E-state index contributed by atoms with van der Waals surface area (Å²) >= 11 is 0. The van der Waals surface area contributed by atoms with E-state index in [0.29, 0.717) is 12.5 Å². The summed E-state index contributed by atoms with van der Waals surface area (Å²) in [6.45, 7) is 16.5. The zero-order valence-electron chi connectivity index (χ0n) is 27.2. The number of benzene rings is 3. The maximum absolute atomic E-state index is 7.47. The molecule has 0 heterocycles. The van der Waals surface area contributed by atoms with Crippen molar-refractivity contribution in [2.75, 3.05) is 6.61 Å². The van der Waals surface area contributed by atoms with Gasteiger partial charge in [0.2, 0.25) is 0 Å². The highest BCUT2D eigenvalue weighted by molar-refractivity contribution is 6.74. The van der Waals surface area contributed by atoms with E-state index in [0.717, 1.165) is 29.5 Å². The Morgan fingerprint density at radius 2 is 1.30 bits per heavy atom. The van der Waals surface area contributed by atoms with Crippen molar-refractivity contribution in [1.29, 1.82) is 0 Å². The van der Waals surface area contributed by atoms with Crippen LogP contribution in [-0.4, -0.2) is 21.0 Å². The van der Waals surface area contributed by atoms with Gasteiger partial charge in [-0.2, -0.15) is 0 Å². The molecular formula is C40H52O2Si. The first-order valence-corrected chi connectivity index (χ1v) is 19.2. The Labute approximate surface area is 263 Å². The largest absolute Gasteiger partial charge is 0.416 e. The third-order valence-corrected chi connectivity index (χ3v) is 14.1. The Morgan fingerprint density at radius 1 is 0.814 bits per heavy atom. The predicted octanol–water partition coefficient (Wildman–Crippen LogP) is 10.6. The van der Waals surface area contributed by atoms with Crippen molar-refractivity contribution >= 4 is 8.32 Å². The van der Waals surface area contributed by atoms with Gasteiger partial charge in [0, 0.05) is 24.9 Å². The summed E-state index contributed by atoms with van der Waals surface area (Å²) in [4.78, 5) is 0. The third kappa shape index (κ3) is 8.39. The summed E-state index contributed by atoms with van der Waals surface area (Å²) in [5.74, 6) is 7.85. The van der Waals surface area contributed by atoms with Gasteiger partial charge in [0.1, 0.15) is 5.60 Å². The molecule has 0 N–H and O–H groups in total. The van der Waals surface area contributed by atoms with Gasteiger partial charge in [-0.1, -0.05) is 143 Å². The Hall–Kier alpha value is -2.90. The first kappa shape index (κ1) is 33.0. The van der Waals surface area contributed by atoms with Gasteiger partial charge < -0.3 is 9.16 Å². The minimum absolute atomic E-state index is 0.114. The van der Waals surface area contributed by atoms with Gasteiger partial charge in [0.15, 0.2) is 8.32 Å². The van der Waals surface area contributed by atoms with Gasteiger partial charge in [-0.15, -0.1) is 12.5 Å². The summed E-state index contributed by atoms with van der Waals surface area (Å²) in [6.07, 6.45) is 9.97. The molecule has 43 heavy (non-hydrogen) atoms. The minimum Gasteiger partial charge on any atom is -0.416 e. The van der Waals surface area contributed by atoms with Crippen LogP contribution in [0.3, 0.4) is 0 Å². The summed E-state index contributed by atoms with van der Waals surface area (Å²) < 4.78 is 14.4. The molecule has 0 aliphatic heterocycles. The van der Waals surface area contributed by atoms with E-state index < -0.39 is 13.9 Å². The molecule has 2 atom stereocenters. The SMILES string of the molecule is C=C[C@H](OC(c1ccccc1)(c1ccccc1)c1ccccc1)[C@@H](CCC#CC1CCCCC1)CO[Si](C)(C)C(C)(C)C. The number of rotatable bonds is 12. The smallest absolute Gasteiger partial charge is 0.191 e. The van der Waals surface area contributed by atoms with Crippen LogP contribution in [0.2, 0.25) is 18.1 Å². The molecule has 0 spiro atoms. The fraction of sp³-hybridized carbons (Fsp3) is 0.450. The van der Waals surface area contributed by atoms with E-state index >= 15 is 0 Å². The van der Waals surface area contributed by atoms with Crippen LogP contribution >= 0.6 is 0 Å². The van der Waals surface area contributed by atoms with Crippen molar-refractivity contribution < 1.29 is 9.16 Å². The van der Waals surface area contributed by atoms with Gasteiger partial charge >= 0.3 is 0 Å².